The van der Waals surface area contributed by atoms with Crippen molar-refractivity contribution in [2.75, 3.05) is 11.9 Å². The first-order valence-corrected chi connectivity index (χ1v) is 6.17. The minimum absolute atomic E-state index is 0.0473. The molecule has 2 aromatic rings. The second kappa shape index (κ2) is 6.42. The Morgan fingerprint density at radius 3 is 2.62 bits per heavy atom. The van der Waals surface area contributed by atoms with Gasteiger partial charge in [-0.25, -0.2) is 0 Å². The minimum Gasteiger partial charge on any atom is -0.508 e. The number of hydrogen-bond donors (Lipinski definition) is 3. The van der Waals surface area contributed by atoms with Gasteiger partial charge in [0.2, 0.25) is 0 Å². The second-order valence-electron chi connectivity index (χ2n) is 4.26. The number of aromatic hydroxyl groups is 1. The molecule has 0 aliphatic rings. The number of nitrogens with two attached hydrogens (primary N) is 1. The fourth-order valence-electron chi connectivity index (χ4n) is 1.71. The Balaban J connectivity index is 2.17. The van der Waals surface area contributed by atoms with Crippen molar-refractivity contribution in [1.82, 2.24) is 0 Å². The van der Waals surface area contributed by atoms with Gasteiger partial charge in [-0.3, -0.25) is 9.59 Å². The van der Waals surface area contributed by atoms with Crippen LogP contribution < -0.4 is 15.8 Å². The number of carbonyl (C=O) groups is 2. The molecule has 0 aliphatic carbocycles. The molecular formula is C15H14N2O4. The van der Waals surface area contributed by atoms with E-state index in [9.17, 15) is 14.7 Å². The van der Waals surface area contributed by atoms with Crippen molar-refractivity contribution >= 4 is 17.5 Å². The highest BCUT2D eigenvalue weighted by molar-refractivity contribution is 6.06. The zero-order valence-electron chi connectivity index (χ0n) is 11.1. The number of para-hydroxylation sites is 1. The predicted octanol–water partition coefficient (Wildman–Crippen LogP) is 1.51. The number of amides is 2. The zero-order valence-corrected chi connectivity index (χ0v) is 11.1. The second-order valence-corrected chi connectivity index (χ2v) is 4.26. The van der Waals surface area contributed by atoms with Gasteiger partial charge in [0.15, 0.2) is 6.61 Å². The van der Waals surface area contributed by atoms with E-state index >= 15 is 0 Å². The maximum Gasteiger partial charge on any atom is 0.259 e. The summed E-state index contributed by atoms with van der Waals surface area (Å²) in [5, 5.41) is 12.0. The molecule has 21 heavy (non-hydrogen) atoms. The summed E-state index contributed by atoms with van der Waals surface area (Å²) in [6, 6.07) is 12.7. The number of benzene rings is 2. The molecule has 0 bridgehead atoms. The molecule has 0 saturated heterocycles. The summed E-state index contributed by atoms with van der Waals surface area (Å²) in [5.74, 6) is -0.737. The van der Waals surface area contributed by atoms with Crippen molar-refractivity contribution in [3.8, 4) is 11.5 Å². The van der Waals surface area contributed by atoms with E-state index in [0.29, 0.717) is 5.69 Å². The average Bonchev–Trinajstić information content (AvgIpc) is 2.45. The normalized spacial score (nSPS) is 9.90. The monoisotopic (exact) mass is 286 g/mol. The number of rotatable bonds is 5. The Morgan fingerprint density at radius 1 is 1.14 bits per heavy atom. The van der Waals surface area contributed by atoms with Crippen LogP contribution >= 0.6 is 0 Å². The first kappa shape index (κ1) is 14.4. The van der Waals surface area contributed by atoms with Gasteiger partial charge in [0.1, 0.15) is 11.5 Å². The summed E-state index contributed by atoms with van der Waals surface area (Å²) >= 11 is 0. The van der Waals surface area contributed by atoms with Gasteiger partial charge in [-0.15, -0.1) is 0 Å². The molecular weight excluding hydrogens is 272 g/mol. The Bertz CT molecular complexity index is 670. The number of anilines is 1. The van der Waals surface area contributed by atoms with Crippen molar-refractivity contribution in [1.29, 1.82) is 0 Å². The maximum atomic E-state index is 12.2. The van der Waals surface area contributed by atoms with Gasteiger partial charge in [0, 0.05) is 11.8 Å². The summed E-state index contributed by atoms with van der Waals surface area (Å²) in [6.45, 7) is -0.309. The topological polar surface area (TPSA) is 102 Å². The molecule has 0 fully saturated rings. The lowest BCUT2D eigenvalue weighted by atomic mass is 10.2. The Labute approximate surface area is 121 Å². The summed E-state index contributed by atoms with van der Waals surface area (Å²) in [6.07, 6.45) is 0. The van der Waals surface area contributed by atoms with Crippen LogP contribution in [0.1, 0.15) is 10.4 Å². The van der Waals surface area contributed by atoms with Crippen LogP contribution in [0, 0.1) is 0 Å². The predicted molar refractivity (Wildman–Crippen MR) is 77.2 cm³/mol. The van der Waals surface area contributed by atoms with Crippen LogP contribution in [-0.4, -0.2) is 23.5 Å². The third kappa shape index (κ3) is 3.97. The van der Waals surface area contributed by atoms with E-state index in [1.807, 2.05) is 0 Å². The molecule has 6 heteroatoms. The first-order chi connectivity index (χ1) is 10.1. The van der Waals surface area contributed by atoms with Crippen LogP contribution in [0.15, 0.2) is 48.5 Å². The van der Waals surface area contributed by atoms with Gasteiger partial charge in [-0.05, 0) is 24.3 Å². The Kier molecular flexibility index (Phi) is 4.40. The standard InChI is InChI=1S/C15H14N2O4/c16-14(19)9-21-13-7-2-1-6-12(13)15(20)17-10-4-3-5-11(18)8-10/h1-8,18H,9H2,(H2,16,19)(H,17,20). The van der Waals surface area contributed by atoms with E-state index in [-0.39, 0.29) is 23.7 Å². The van der Waals surface area contributed by atoms with Crippen LogP contribution in [0.3, 0.4) is 0 Å². The van der Waals surface area contributed by atoms with E-state index < -0.39 is 11.8 Å². The number of hydrogen-bond acceptors (Lipinski definition) is 4. The van der Waals surface area contributed by atoms with E-state index in [4.69, 9.17) is 10.5 Å². The molecule has 0 radical (unpaired) electrons. The highest BCUT2D eigenvalue weighted by Crippen LogP contribution is 2.21. The smallest absolute Gasteiger partial charge is 0.259 e. The average molecular weight is 286 g/mol. The lowest BCUT2D eigenvalue weighted by Gasteiger charge is -2.10. The van der Waals surface area contributed by atoms with Crippen molar-refractivity contribution < 1.29 is 19.4 Å². The van der Waals surface area contributed by atoms with Crippen molar-refractivity contribution in [2.45, 2.75) is 0 Å². The molecule has 0 heterocycles. The molecule has 2 rings (SSSR count). The van der Waals surface area contributed by atoms with Crippen LogP contribution in [0.4, 0.5) is 5.69 Å². The molecule has 4 N–H and O–H groups in total. The first-order valence-electron chi connectivity index (χ1n) is 6.17. The van der Waals surface area contributed by atoms with E-state index in [2.05, 4.69) is 5.32 Å². The largest absolute Gasteiger partial charge is 0.508 e. The fraction of sp³-hybridized carbons (Fsp3) is 0.0667. The third-order valence-corrected chi connectivity index (χ3v) is 2.61. The van der Waals surface area contributed by atoms with Crippen molar-refractivity contribution in [2.24, 2.45) is 5.73 Å². The molecule has 0 saturated carbocycles. The van der Waals surface area contributed by atoms with E-state index in [1.54, 1.807) is 36.4 Å². The van der Waals surface area contributed by atoms with Crippen LogP contribution in [-0.2, 0) is 4.79 Å². The third-order valence-electron chi connectivity index (χ3n) is 2.61. The summed E-state index contributed by atoms with van der Waals surface area (Å²) in [5.41, 5.74) is 5.73. The molecule has 0 unspecified atom stereocenters. The van der Waals surface area contributed by atoms with Crippen LogP contribution in [0.25, 0.3) is 0 Å². The van der Waals surface area contributed by atoms with E-state index in [1.165, 1.54) is 12.1 Å². The molecule has 6 nitrogen and oxygen atoms in total. The number of carbonyl (C=O) groups excluding carboxylic acids is 2. The van der Waals surface area contributed by atoms with Gasteiger partial charge < -0.3 is 20.9 Å². The number of phenolic OH excluding ortho intramolecular Hbond substituents is 1. The molecule has 2 aromatic carbocycles. The van der Waals surface area contributed by atoms with Crippen molar-refractivity contribution in [3.63, 3.8) is 0 Å². The zero-order chi connectivity index (χ0) is 15.2. The lowest BCUT2D eigenvalue weighted by molar-refractivity contribution is -0.119. The van der Waals surface area contributed by atoms with Crippen LogP contribution in [0.2, 0.25) is 0 Å². The fourth-order valence-corrected chi connectivity index (χ4v) is 1.71. The molecule has 0 aromatic heterocycles. The molecule has 108 valence electrons. The molecule has 0 atom stereocenters. The van der Waals surface area contributed by atoms with E-state index in [0.717, 1.165) is 0 Å². The SMILES string of the molecule is NC(=O)COc1ccccc1C(=O)Nc1cccc(O)c1. The number of primary amides is 1. The van der Waals surface area contributed by atoms with Gasteiger partial charge in [0.05, 0.1) is 5.56 Å². The van der Waals surface area contributed by atoms with Gasteiger partial charge in [0.25, 0.3) is 11.8 Å². The number of nitrogens with one attached hydrogen (secondary N) is 1. The molecule has 2 amide bonds. The minimum atomic E-state index is -0.627. The lowest BCUT2D eigenvalue weighted by Crippen LogP contribution is -2.21. The number of ether oxygens (including phenoxy) is 1. The van der Waals surface area contributed by atoms with Gasteiger partial charge in [-0.1, -0.05) is 18.2 Å². The number of phenols is 1. The summed E-state index contributed by atoms with van der Waals surface area (Å²) in [4.78, 5) is 23.0. The van der Waals surface area contributed by atoms with Crippen LogP contribution in [0.5, 0.6) is 11.5 Å². The summed E-state index contributed by atoms with van der Waals surface area (Å²) in [7, 11) is 0. The molecule has 0 aliphatic heterocycles. The van der Waals surface area contributed by atoms with Crippen molar-refractivity contribution in [3.05, 3.63) is 54.1 Å². The summed E-state index contributed by atoms with van der Waals surface area (Å²) < 4.78 is 5.20. The quantitative estimate of drug-likeness (QED) is 0.775. The molecule has 0 spiro atoms. The van der Waals surface area contributed by atoms with Gasteiger partial charge >= 0.3 is 0 Å². The Morgan fingerprint density at radius 2 is 1.90 bits per heavy atom. The van der Waals surface area contributed by atoms with Gasteiger partial charge in [-0.2, -0.15) is 0 Å². The maximum absolute atomic E-state index is 12.2. The highest BCUT2D eigenvalue weighted by atomic mass is 16.5. The Hall–Kier alpha value is -3.02. The highest BCUT2D eigenvalue weighted by Gasteiger charge is 2.13.